The van der Waals surface area contributed by atoms with E-state index in [1.807, 2.05) is 0 Å². The van der Waals surface area contributed by atoms with Crippen LogP contribution < -0.4 is 0 Å². The Morgan fingerprint density at radius 1 is 1.20 bits per heavy atom. The minimum atomic E-state index is -2.48. The molecular weight excluding hydrogens is 264 g/mol. The molecule has 120 valence electrons. The van der Waals surface area contributed by atoms with Gasteiger partial charge in [-0.1, -0.05) is 39.3 Å². The minimum absolute atomic E-state index is 0.00361. The highest BCUT2D eigenvalue weighted by atomic mass is 28.4. The number of hydrogen-bond acceptors (Lipinski definition) is 2. The van der Waals surface area contributed by atoms with Crippen molar-refractivity contribution < 1.29 is 9.53 Å². The molecule has 3 unspecified atom stereocenters. The van der Waals surface area contributed by atoms with Gasteiger partial charge in [0.1, 0.15) is 0 Å². The van der Waals surface area contributed by atoms with Crippen LogP contribution in [0.4, 0.5) is 0 Å². The van der Waals surface area contributed by atoms with E-state index in [0.717, 1.165) is 25.7 Å². The van der Waals surface area contributed by atoms with Gasteiger partial charge >= 0.3 is 0 Å². The molecule has 0 bridgehead atoms. The Kier molecular flexibility index (Phi) is 8.30. The maximum Gasteiger partial charge on any atom is 0.220 e. The van der Waals surface area contributed by atoms with Gasteiger partial charge in [0.05, 0.1) is 11.3 Å². The van der Waals surface area contributed by atoms with Crippen molar-refractivity contribution in [2.24, 2.45) is 0 Å². The van der Waals surface area contributed by atoms with E-state index in [2.05, 4.69) is 61.1 Å². The maximum atomic E-state index is 11.3. The van der Waals surface area contributed by atoms with E-state index in [4.69, 9.17) is 4.74 Å². The van der Waals surface area contributed by atoms with E-state index in [1.54, 1.807) is 0 Å². The molecule has 0 saturated heterocycles. The first kappa shape index (κ1) is 19.9. The first-order chi connectivity index (χ1) is 9.19. The zero-order chi connectivity index (χ0) is 16.0. The standard InChI is InChI=1S/C17H36O2Si/c1-9-14(10-2)15(11-3)20(8,18)16(12-4)19-17(6,7)13-5/h9,15-16,18H,10-13H2,1-8H3. The first-order valence-electron chi connectivity index (χ1n) is 8.25. The van der Waals surface area contributed by atoms with E-state index < -0.39 is 8.32 Å². The van der Waals surface area contributed by atoms with Crippen molar-refractivity contribution in [2.45, 2.75) is 97.6 Å². The zero-order valence-corrected chi connectivity index (χ0v) is 15.9. The van der Waals surface area contributed by atoms with Crippen LogP contribution in [0.1, 0.15) is 74.1 Å². The van der Waals surface area contributed by atoms with Gasteiger partial charge in [0.25, 0.3) is 0 Å². The van der Waals surface area contributed by atoms with Crippen LogP contribution >= 0.6 is 0 Å². The Hall–Kier alpha value is -0.123. The molecule has 20 heavy (non-hydrogen) atoms. The summed E-state index contributed by atoms with van der Waals surface area (Å²) < 4.78 is 6.31. The first-order valence-corrected chi connectivity index (χ1v) is 10.8. The molecule has 3 atom stereocenters. The summed E-state index contributed by atoms with van der Waals surface area (Å²) >= 11 is 0. The highest BCUT2D eigenvalue weighted by Gasteiger charge is 2.44. The summed E-state index contributed by atoms with van der Waals surface area (Å²) in [5.41, 5.74) is 1.54. The topological polar surface area (TPSA) is 29.5 Å². The van der Waals surface area contributed by atoms with Crippen molar-refractivity contribution in [1.29, 1.82) is 0 Å². The Labute approximate surface area is 127 Å². The van der Waals surface area contributed by atoms with E-state index in [9.17, 15) is 4.80 Å². The van der Waals surface area contributed by atoms with Crippen LogP contribution in [0.2, 0.25) is 12.1 Å². The van der Waals surface area contributed by atoms with E-state index in [1.165, 1.54) is 5.57 Å². The van der Waals surface area contributed by atoms with Crippen LogP contribution in [0.3, 0.4) is 0 Å². The molecule has 0 aliphatic rings. The van der Waals surface area contributed by atoms with Crippen molar-refractivity contribution in [2.75, 3.05) is 0 Å². The lowest BCUT2D eigenvalue weighted by Crippen LogP contribution is -2.53. The number of hydrogen-bond donors (Lipinski definition) is 1. The molecule has 0 saturated carbocycles. The van der Waals surface area contributed by atoms with Crippen LogP contribution in [0.5, 0.6) is 0 Å². The number of ether oxygens (including phenoxy) is 1. The average Bonchev–Trinajstić information content (AvgIpc) is 2.41. The van der Waals surface area contributed by atoms with Gasteiger partial charge in [-0.3, -0.25) is 0 Å². The fraction of sp³-hybridized carbons (Fsp3) is 0.882. The van der Waals surface area contributed by atoms with Crippen LogP contribution in [-0.2, 0) is 4.74 Å². The molecule has 3 heteroatoms. The van der Waals surface area contributed by atoms with E-state index in [0.29, 0.717) is 5.54 Å². The molecular formula is C17H36O2Si. The molecule has 0 heterocycles. The maximum absolute atomic E-state index is 11.3. The Morgan fingerprint density at radius 3 is 2.05 bits per heavy atom. The molecule has 0 fully saturated rings. The Morgan fingerprint density at radius 2 is 1.75 bits per heavy atom. The monoisotopic (exact) mass is 300 g/mol. The van der Waals surface area contributed by atoms with Gasteiger partial charge in [-0.2, -0.15) is 0 Å². The van der Waals surface area contributed by atoms with Gasteiger partial charge in [-0.25, -0.2) is 0 Å². The smallest absolute Gasteiger partial charge is 0.220 e. The Balaban J connectivity index is 5.31. The molecule has 0 radical (unpaired) electrons. The van der Waals surface area contributed by atoms with Gasteiger partial charge in [-0.05, 0) is 53.0 Å². The Bertz CT molecular complexity index is 308. The third-order valence-corrected chi connectivity index (χ3v) is 8.70. The summed E-state index contributed by atoms with van der Waals surface area (Å²) in [6.07, 6.45) is 6.06. The SMILES string of the molecule is CC=C(CC)C(CC)[Si](C)(O)C(CC)OC(C)(C)CC. The molecule has 0 aromatic heterocycles. The van der Waals surface area contributed by atoms with Crippen molar-refractivity contribution in [3.05, 3.63) is 11.6 Å². The second-order valence-corrected chi connectivity index (χ2v) is 10.3. The summed E-state index contributed by atoms with van der Waals surface area (Å²) in [4.78, 5) is 11.3. The lowest BCUT2D eigenvalue weighted by Gasteiger charge is -2.41. The molecule has 0 aromatic rings. The van der Waals surface area contributed by atoms with Crippen molar-refractivity contribution in [1.82, 2.24) is 0 Å². The van der Waals surface area contributed by atoms with Crippen LogP contribution in [0.25, 0.3) is 0 Å². The lowest BCUT2D eigenvalue weighted by atomic mass is 10.1. The second kappa shape index (κ2) is 8.35. The molecule has 2 nitrogen and oxygen atoms in total. The number of rotatable bonds is 9. The molecule has 0 amide bonds. The molecule has 0 spiro atoms. The fourth-order valence-corrected chi connectivity index (χ4v) is 6.79. The normalized spacial score (nSPS) is 19.6. The molecule has 0 aromatic carbocycles. The molecule has 0 rings (SSSR count). The van der Waals surface area contributed by atoms with Crippen molar-refractivity contribution in [3.8, 4) is 0 Å². The summed E-state index contributed by atoms with van der Waals surface area (Å²) in [6, 6.07) is 0. The fourth-order valence-electron chi connectivity index (χ4n) is 3.01. The van der Waals surface area contributed by atoms with Crippen molar-refractivity contribution >= 4 is 8.32 Å². The molecule has 0 aliphatic heterocycles. The predicted molar refractivity (Wildman–Crippen MR) is 91.5 cm³/mol. The van der Waals surface area contributed by atoms with Gasteiger partial charge in [-0.15, -0.1) is 0 Å². The van der Waals surface area contributed by atoms with Gasteiger partial charge in [0, 0.05) is 5.54 Å². The average molecular weight is 301 g/mol. The molecule has 0 aliphatic carbocycles. The van der Waals surface area contributed by atoms with Gasteiger partial charge < -0.3 is 9.53 Å². The van der Waals surface area contributed by atoms with Crippen LogP contribution in [0, 0.1) is 0 Å². The van der Waals surface area contributed by atoms with E-state index >= 15 is 0 Å². The largest absolute Gasteiger partial charge is 0.429 e. The van der Waals surface area contributed by atoms with Gasteiger partial charge in [0.2, 0.25) is 8.32 Å². The highest BCUT2D eigenvalue weighted by Crippen LogP contribution is 2.38. The van der Waals surface area contributed by atoms with E-state index in [-0.39, 0.29) is 11.3 Å². The predicted octanol–water partition coefficient (Wildman–Crippen LogP) is 5.21. The van der Waals surface area contributed by atoms with Crippen LogP contribution in [0.15, 0.2) is 11.6 Å². The zero-order valence-electron chi connectivity index (χ0n) is 14.9. The quantitative estimate of drug-likeness (QED) is 0.467. The highest BCUT2D eigenvalue weighted by molar-refractivity contribution is 6.74. The summed E-state index contributed by atoms with van der Waals surface area (Å²) in [7, 11) is -2.48. The third-order valence-electron chi connectivity index (χ3n) is 4.68. The third kappa shape index (κ3) is 5.01. The summed E-state index contributed by atoms with van der Waals surface area (Å²) in [6.45, 7) is 17.1. The molecule has 1 N–H and O–H groups in total. The summed E-state index contributed by atoms with van der Waals surface area (Å²) in [5.74, 6) is 0. The number of allylic oxidation sites excluding steroid dienone is 2. The van der Waals surface area contributed by atoms with Crippen LogP contribution in [-0.4, -0.2) is 24.4 Å². The van der Waals surface area contributed by atoms with Gasteiger partial charge in [0.15, 0.2) is 0 Å². The lowest BCUT2D eigenvalue weighted by molar-refractivity contribution is -0.0506. The van der Waals surface area contributed by atoms with Crippen molar-refractivity contribution in [3.63, 3.8) is 0 Å². The summed E-state index contributed by atoms with van der Waals surface area (Å²) in [5, 5.41) is 0. The minimum Gasteiger partial charge on any atom is -0.429 e. The second-order valence-electron chi connectivity index (χ2n) is 6.53.